The Hall–Kier alpha value is -3.53. The van der Waals surface area contributed by atoms with Crippen LogP contribution >= 0.6 is 0 Å². The van der Waals surface area contributed by atoms with Crippen molar-refractivity contribution < 1.29 is 9.13 Å². The lowest BCUT2D eigenvalue weighted by Gasteiger charge is -2.36. The number of pyridine rings is 1. The van der Waals surface area contributed by atoms with Crippen molar-refractivity contribution in [1.29, 1.82) is 0 Å². The number of aromatic nitrogens is 7. The molecule has 1 aliphatic carbocycles. The number of halogens is 1. The number of hydrogen-bond donors (Lipinski definition) is 0. The SMILES string of the molecule is Cc1nc2nc(N3C[C@@H](C)O[C@@H](c4cnn(C5CC5)c4)C3)nc(-c3ccncc3F)c2nc1C. The van der Waals surface area contributed by atoms with E-state index in [9.17, 15) is 4.39 Å². The van der Waals surface area contributed by atoms with Crippen LogP contribution in [0.5, 0.6) is 0 Å². The standard InChI is InChI=1S/C24H25FN8O/c1-13-10-32(12-20(34-13)16-8-27-33(11-16)17-4-5-17)24-30-21(18-6-7-26-9-19(18)25)22-23(31-24)29-15(3)14(2)28-22/h6-9,11,13,17,20H,4-5,10,12H2,1-3H3/t13-,20-/m1/s1. The molecule has 0 spiro atoms. The van der Waals surface area contributed by atoms with Crippen LogP contribution in [0.25, 0.3) is 22.4 Å². The van der Waals surface area contributed by atoms with E-state index in [0.29, 0.717) is 47.5 Å². The summed E-state index contributed by atoms with van der Waals surface area (Å²) in [7, 11) is 0. The summed E-state index contributed by atoms with van der Waals surface area (Å²) in [5.41, 5.74) is 4.22. The Bertz CT molecular complexity index is 1380. The van der Waals surface area contributed by atoms with Gasteiger partial charge in [-0.25, -0.2) is 19.3 Å². The van der Waals surface area contributed by atoms with Gasteiger partial charge in [-0.15, -0.1) is 0 Å². The van der Waals surface area contributed by atoms with E-state index in [1.54, 1.807) is 12.3 Å². The molecule has 2 aliphatic rings. The zero-order valence-electron chi connectivity index (χ0n) is 19.3. The average Bonchev–Trinajstić information content (AvgIpc) is 3.55. The number of aryl methyl sites for hydroxylation is 2. The number of rotatable bonds is 4. The van der Waals surface area contributed by atoms with E-state index in [4.69, 9.17) is 14.7 Å². The van der Waals surface area contributed by atoms with Gasteiger partial charge >= 0.3 is 0 Å². The molecule has 1 saturated heterocycles. The fraction of sp³-hybridized carbons (Fsp3) is 0.417. The van der Waals surface area contributed by atoms with E-state index in [1.165, 1.54) is 19.0 Å². The first kappa shape index (κ1) is 21.0. The second kappa shape index (κ2) is 8.05. The van der Waals surface area contributed by atoms with Crippen LogP contribution in [0.15, 0.2) is 30.9 Å². The van der Waals surface area contributed by atoms with E-state index >= 15 is 0 Å². The zero-order chi connectivity index (χ0) is 23.4. The van der Waals surface area contributed by atoms with E-state index in [2.05, 4.69) is 31.1 Å². The van der Waals surface area contributed by atoms with Gasteiger partial charge in [0.1, 0.15) is 17.3 Å². The summed E-state index contributed by atoms with van der Waals surface area (Å²) < 4.78 is 23.0. The van der Waals surface area contributed by atoms with E-state index in [1.807, 2.05) is 31.6 Å². The molecule has 1 saturated carbocycles. The fourth-order valence-electron chi connectivity index (χ4n) is 4.35. The second-order valence-corrected chi connectivity index (χ2v) is 9.12. The van der Waals surface area contributed by atoms with Gasteiger partial charge < -0.3 is 9.64 Å². The maximum absolute atomic E-state index is 14.8. The quantitative estimate of drug-likeness (QED) is 0.455. The molecule has 0 aromatic carbocycles. The van der Waals surface area contributed by atoms with Crippen LogP contribution in [0, 0.1) is 19.7 Å². The van der Waals surface area contributed by atoms with Gasteiger partial charge in [0.05, 0.1) is 42.5 Å². The van der Waals surface area contributed by atoms with Gasteiger partial charge in [0.15, 0.2) is 11.5 Å². The maximum Gasteiger partial charge on any atom is 0.228 e. The Morgan fingerprint density at radius 3 is 2.65 bits per heavy atom. The van der Waals surface area contributed by atoms with Crippen molar-refractivity contribution in [2.75, 3.05) is 18.0 Å². The van der Waals surface area contributed by atoms with Gasteiger partial charge in [-0.05, 0) is 39.7 Å². The molecule has 5 heterocycles. The van der Waals surface area contributed by atoms with Crippen LogP contribution in [0.3, 0.4) is 0 Å². The molecule has 4 aromatic rings. The van der Waals surface area contributed by atoms with E-state index in [0.717, 1.165) is 17.0 Å². The Balaban J connectivity index is 1.43. The molecular formula is C24H25FN8O. The Morgan fingerprint density at radius 1 is 1.03 bits per heavy atom. The highest BCUT2D eigenvalue weighted by atomic mass is 19.1. The van der Waals surface area contributed by atoms with Crippen LogP contribution in [-0.2, 0) is 4.74 Å². The highest BCUT2D eigenvalue weighted by Crippen LogP contribution is 2.36. The normalized spacial score (nSPS) is 20.8. The zero-order valence-corrected chi connectivity index (χ0v) is 19.3. The molecule has 1 aliphatic heterocycles. The maximum atomic E-state index is 14.8. The summed E-state index contributed by atoms with van der Waals surface area (Å²) in [6.45, 7) is 6.96. The average molecular weight is 461 g/mol. The molecule has 0 unspecified atom stereocenters. The van der Waals surface area contributed by atoms with Crippen molar-refractivity contribution in [2.24, 2.45) is 0 Å². The summed E-state index contributed by atoms with van der Waals surface area (Å²) >= 11 is 0. The molecule has 0 bridgehead atoms. The predicted molar refractivity (Wildman–Crippen MR) is 124 cm³/mol. The van der Waals surface area contributed by atoms with Crippen LogP contribution < -0.4 is 4.90 Å². The molecule has 6 rings (SSSR count). The highest BCUT2D eigenvalue weighted by molar-refractivity contribution is 5.88. The van der Waals surface area contributed by atoms with Gasteiger partial charge in [-0.1, -0.05) is 0 Å². The molecule has 0 N–H and O–H groups in total. The molecule has 10 heteroatoms. The number of morpholine rings is 1. The van der Waals surface area contributed by atoms with E-state index < -0.39 is 5.82 Å². The van der Waals surface area contributed by atoms with Gasteiger partial charge in [0, 0.05) is 30.1 Å². The number of ether oxygens (including phenoxy) is 1. The van der Waals surface area contributed by atoms with Crippen molar-refractivity contribution >= 4 is 17.1 Å². The number of hydrogen-bond acceptors (Lipinski definition) is 8. The predicted octanol–water partition coefficient (Wildman–Crippen LogP) is 3.74. The smallest absolute Gasteiger partial charge is 0.228 e. The first-order valence-electron chi connectivity index (χ1n) is 11.5. The molecule has 2 fully saturated rings. The molecule has 0 radical (unpaired) electrons. The lowest BCUT2D eigenvalue weighted by Crippen LogP contribution is -2.43. The van der Waals surface area contributed by atoms with Gasteiger partial charge in [0.2, 0.25) is 5.95 Å². The monoisotopic (exact) mass is 460 g/mol. The molecule has 0 amide bonds. The Labute approximate surface area is 196 Å². The fourth-order valence-corrected chi connectivity index (χ4v) is 4.35. The van der Waals surface area contributed by atoms with Crippen molar-refractivity contribution in [3.05, 3.63) is 53.6 Å². The van der Waals surface area contributed by atoms with Crippen LogP contribution in [-0.4, -0.2) is 53.9 Å². The molecule has 4 aromatic heterocycles. The van der Waals surface area contributed by atoms with Gasteiger partial charge in [0.25, 0.3) is 0 Å². The van der Waals surface area contributed by atoms with Crippen LogP contribution in [0.2, 0.25) is 0 Å². The third-order valence-electron chi connectivity index (χ3n) is 6.42. The first-order valence-corrected chi connectivity index (χ1v) is 11.5. The second-order valence-electron chi connectivity index (χ2n) is 9.12. The summed E-state index contributed by atoms with van der Waals surface area (Å²) in [6.07, 6.45) is 8.83. The van der Waals surface area contributed by atoms with Crippen LogP contribution in [0.4, 0.5) is 10.3 Å². The lowest BCUT2D eigenvalue weighted by atomic mass is 10.1. The van der Waals surface area contributed by atoms with Crippen molar-refractivity contribution in [1.82, 2.24) is 34.7 Å². The minimum Gasteiger partial charge on any atom is -0.367 e. The first-order chi connectivity index (χ1) is 16.5. The van der Waals surface area contributed by atoms with Gasteiger partial charge in [-0.2, -0.15) is 10.1 Å². The summed E-state index contributed by atoms with van der Waals surface area (Å²) in [5.74, 6) is 0.0141. The molecule has 9 nitrogen and oxygen atoms in total. The highest BCUT2D eigenvalue weighted by Gasteiger charge is 2.31. The number of nitrogens with zero attached hydrogens (tertiary/aromatic N) is 8. The number of anilines is 1. The van der Waals surface area contributed by atoms with Crippen molar-refractivity contribution in [3.8, 4) is 11.3 Å². The molecule has 2 atom stereocenters. The number of fused-ring (bicyclic) bond motifs is 1. The van der Waals surface area contributed by atoms with Crippen molar-refractivity contribution in [3.63, 3.8) is 0 Å². The minimum absolute atomic E-state index is 0.0470. The van der Waals surface area contributed by atoms with Crippen LogP contribution in [0.1, 0.15) is 48.9 Å². The summed E-state index contributed by atoms with van der Waals surface area (Å²) in [4.78, 5) is 24.8. The Morgan fingerprint density at radius 2 is 1.85 bits per heavy atom. The summed E-state index contributed by atoms with van der Waals surface area (Å²) in [6, 6.07) is 2.12. The largest absolute Gasteiger partial charge is 0.367 e. The molecule has 174 valence electrons. The topological polar surface area (TPSA) is 94.7 Å². The molecular weight excluding hydrogens is 435 g/mol. The Kier molecular flexibility index (Phi) is 4.98. The lowest BCUT2D eigenvalue weighted by molar-refractivity contribution is -0.0178. The third kappa shape index (κ3) is 3.77. The van der Waals surface area contributed by atoms with Gasteiger partial charge in [-0.3, -0.25) is 9.67 Å². The third-order valence-corrected chi connectivity index (χ3v) is 6.42. The van der Waals surface area contributed by atoms with Crippen molar-refractivity contribution in [2.45, 2.75) is 51.9 Å². The van der Waals surface area contributed by atoms with E-state index in [-0.39, 0.29) is 12.2 Å². The summed E-state index contributed by atoms with van der Waals surface area (Å²) in [5, 5.41) is 4.52. The minimum atomic E-state index is -0.464. The molecule has 34 heavy (non-hydrogen) atoms.